The number of nitrogens with zero attached hydrogens (tertiary/aromatic N) is 2. The average Bonchev–Trinajstić information content (AvgIpc) is 3.30. The lowest BCUT2D eigenvalue weighted by atomic mass is 10.1. The number of hydrogen-bond donors (Lipinski definition) is 0. The standard InChI is InChI=1S/C24H22N2O3S3/c1-2-25-19-10-5-6-11-20(19)30-22(25)16-23-26(14-7-15-32(27,28)29)24-18-9-4-3-8-17(18)12-13-21(24)31-23/h3-6,8-13,16H,2,7,14-15H2,1H3. The molecule has 0 bridgehead atoms. The molecule has 0 atom stereocenters. The van der Waals surface area contributed by atoms with Crippen molar-refractivity contribution in [3.63, 3.8) is 0 Å². The lowest BCUT2D eigenvalue weighted by Crippen LogP contribution is -2.36. The number of benzene rings is 3. The van der Waals surface area contributed by atoms with Gasteiger partial charge < -0.3 is 9.45 Å². The first kappa shape index (κ1) is 21.5. The molecule has 32 heavy (non-hydrogen) atoms. The Bertz CT molecular complexity index is 1460. The van der Waals surface area contributed by atoms with Crippen molar-refractivity contribution in [3.05, 3.63) is 70.7 Å². The van der Waals surface area contributed by atoms with Gasteiger partial charge in [0.05, 0.1) is 32.3 Å². The van der Waals surface area contributed by atoms with Gasteiger partial charge in [0, 0.05) is 23.6 Å². The van der Waals surface area contributed by atoms with Crippen LogP contribution in [0.3, 0.4) is 0 Å². The second-order valence-corrected chi connectivity index (χ2v) is 11.3. The van der Waals surface area contributed by atoms with Crippen molar-refractivity contribution in [2.24, 2.45) is 0 Å². The molecule has 3 aromatic carbocycles. The molecule has 0 saturated carbocycles. The van der Waals surface area contributed by atoms with Gasteiger partial charge in [-0.15, -0.1) is 0 Å². The Morgan fingerprint density at radius 1 is 1.06 bits per heavy atom. The molecule has 1 aliphatic rings. The maximum absolute atomic E-state index is 11.2. The summed E-state index contributed by atoms with van der Waals surface area (Å²) < 4.78 is 37.0. The fraction of sp³-hybridized carbons (Fsp3) is 0.208. The second-order valence-electron chi connectivity index (χ2n) is 7.64. The summed E-state index contributed by atoms with van der Waals surface area (Å²) in [4.78, 5) is 3.53. The molecule has 0 N–H and O–H groups in total. The summed E-state index contributed by atoms with van der Waals surface area (Å²) in [5.74, 6) is -0.362. The number of para-hydroxylation sites is 1. The third-order valence-electron chi connectivity index (χ3n) is 5.59. The lowest BCUT2D eigenvalue weighted by Gasteiger charge is -2.17. The fourth-order valence-corrected chi connectivity index (χ4v) is 7.06. The van der Waals surface area contributed by atoms with E-state index in [0.717, 1.165) is 37.6 Å². The number of aromatic nitrogens is 1. The second kappa shape index (κ2) is 8.51. The van der Waals surface area contributed by atoms with E-state index >= 15 is 0 Å². The molecular formula is C24H22N2O3S3. The summed E-state index contributed by atoms with van der Waals surface area (Å²) in [6, 6.07) is 20.8. The van der Waals surface area contributed by atoms with E-state index in [1.807, 2.05) is 12.1 Å². The first-order chi connectivity index (χ1) is 15.4. The van der Waals surface area contributed by atoms with Gasteiger partial charge in [0.15, 0.2) is 6.54 Å². The van der Waals surface area contributed by atoms with Gasteiger partial charge >= 0.3 is 0 Å². The third-order valence-corrected chi connectivity index (χ3v) is 8.59. The van der Waals surface area contributed by atoms with Crippen molar-refractivity contribution in [1.82, 2.24) is 0 Å². The third kappa shape index (κ3) is 4.03. The molecule has 164 valence electrons. The van der Waals surface area contributed by atoms with E-state index in [9.17, 15) is 13.0 Å². The van der Waals surface area contributed by atoms with Gasteiger partial charge in [-0.2, -0.15) is 4.57 Å². The molecular weight excluding hydrogens is 460 g/mol. The number of aryl methyl sites for hydroxylation is 1. The van der Waals surface area contributed by atoms with Gasteiger partial charge in [0.1, 0.15) is 4.70 Å². The molecule has 0 unspecified atom stereocenters. The monoisotopic (exact) mass is 482 g/mol. The molecule has 0 amide bonds. The van der Waals surface area contributed by atoms with E-state index in [4.69, 9.17) is 0 Å². The van der Waals surface area contributed by atoms with E-state index in [0.29, 0.717) is 6.54 Å². The van der Waals surface area contributed by atoms with E-state index in [-0.39, 0.29) is 12.2 Å². The molecule has 2 heterocycles. The normalized spacial score (nSPS) is 15.2. The van der Waals surface area contributed by atoms with Crippen LogP contribution in [0, 0.1) is 0 Å². The zero-order chi connectivity index (χ0) is 22.3. The van der Waals surface area contributed by atoms with E-state index in [2.05, 4.69) is 71.0 Å². The molecule has 0 spiro atoms. The van der Waals surface area contributed by atoms with Crippen molar-refractivity contribution in [2.45, 2.75) is 24.8 Å². The van der Waals surface area contributed by atoms with Crippen molar-refractivity contribution < 1.29 is 17.5 Å². The van der Waals surface area contributed by atoms with Crippen LogP contribution in [0.1, 0.15) is 18.4 Å². The molecule has 1 aromatic heterocycles. The van der Waals surface area contributed by atoms with Crippen LogP contribution in [0.2, 0.25) is 0 Å². The molecule has 0 radical (unpaired) electrons. The average molecular weight is 483 g/mol. The van der Waals surface area contributed by atoms with Gasteiger partial charge in [-0.25, -0.2) is 8.42 Å². The van der Waals surface area contributed by atoms with Gasteiger partial charge in [-0.05, 0) is 36.6 Å². The molecule has 5 nitrogen and oxygen atoms in total. The smallest absolute Gasteiger partial charge is 0.265 e. The van der Waals surface area contributed by atoms with E-state index in [1.54, 1.807) is 23.1 Å². The summed E-state index contributed by atoms with van der Waals surface area (Å²) in [6.45, 7) is 3.47. The van der Waals surface area contributed by atoms with Crippen LogP contribution in [-0.4, -0.2) is 25.3 Å². The minimum Gasteiger partial charge on any atom is -0.748 e. The summed E-state index contributed by atoms with van der Waals surface area (Å²) in [7, 11) is -4.25. The van der Waals surface area contributed by atoms with Crippen molar-refractivity contribution in [1.29, 1.82) is 0 Å². The predicted octanol–water partition coefficient (Wildman–Crippen LogP) is 5.21. The molecule has 1 aliphatic heterocycles. The van der Waals surface area contributed by atoms with Crippen molar-refractivity contribution >= 4 is 66.0 Å². The fourth-order valence-electron chi connectivity index (χ4n) is 4.19. The molecule has 0 fully saturated rings. The quantitative estimate of drug-likeness (QED) is 0.279. The molecule has 0 saturated heterocycles. The van der Waals surface area contributed by atoms with E-state index < -0.39 is 10.1 Å². The van der Waals surface area contributed by atoms with Crippen LogP contribution in [0.5, 0.6) is 0 Å². The molecule has 8 heteroatoms. The Morgan fingerprint density at radius 3 is 2.66 bits per heavy atom. The molecule has 5 rings (SSSR count). The summed E-state index contributed by atoms with van der Waals surface area (Å²) in [5.41, 5.74) is 2.30. The molecule has 4 aromatic rings. The van der Waals surface area contributed by atoms with Crippen LogP contribution in [0.4, 0.5) is 5.69 Å². The van der Waals surface area contributed by atoms with Crippen molar-refractivity contribution in [2.75, 3.05) is 17.2 Å². The van der Waals surface area contributed by atoms with E-state index in [1.165, 1.54) is 10.6 Å². The summed E-state index contributed by atoms with van der Waals surface area (Å²) >= 11 is 3.44. The highest BCUT2D eigenvalue weighted by Gasteiger charge is 2.27. The lowest BCUT2D eigenvalue weighted by molar-refractivity contribution is -0.667. The number of hydrogen-bond acceptors (Lipinski definition) is 6. The summed E-state index contributed by atoms with van der Waals surface area (Å²) in [6.07, 6.45) is 2.48. The summed E-state index contributed by atoms with van der Waals surface area (Å²) in [5, 5.41) is 4.47. The highest BCUT2D eigenvalue weighted by molar-refractivity contribution is 8.03. The Balaban J connectivity index is 1.65. The van der Waals surface area contributed by atoms with Crippen LogP contribution >= 0.6 is 23.1 Å². The minimum atomic E-state index is -4.25. The Hall–Kier alpha value is -2.39. The van der Waals surface area contributed by atoms with Gasteiger partial charge in [0.25, 0.3) is 5.01 Å². The van der Waals surface area contributed by atoms with Gasteiger partial charge in [-0.1, -0.05) is 59.5 Å². The number of thiazole rings is 1. The maximum atomic E-state index is 11.2. The minimum absolute atomic E-state index is 0.284. The first-order valence-corrected chi connectivity index (χ1v) is 13.7. The Labute approximate surface area is 195 Å². The molecule has 0 aliphatic carbocycles. The van der Waals surface area contributed by atoms with Gasteiger partial charge in [-0.3, -0.25) is 0 Å². The zero-order valence-corrected chi connectivity index (χ0v) is 20.0. The Morgan fingerprint density at radius 2 is 1.84 bits per heavy atom. The maximum Gasteiger partial charge on any atom is 0.265 e. The van der Waals surface area contributed by atoms with Gasteiger partial charge in [0.2, 0.25) is 5.52 Å². The topological polar surface area (TPSA) is 64.3 Å². The van der Waals surface area contributed by atoms with Crippen LogP contribution in [0.15, 0.2) is 70.6 Å². The predicted molar refractivity (Wildman–Crippen MR) is 132 cm³/mol. The Kier molecular flexibility index (Phi) is 5.71. The van der Waals surface area contributed by atoms with Crippen LogP contribution in [-0.2, 0) is 16.7 Å². The van der Waals surface area contributed by atoms with Crippen molar-refractivity contribution in [3.8, 4) is 0 Å². The highest BCUT2D eigenvalue weighted by atomic mass is 32.2. The highest BCUT2D eigenvalue weighted by Crippen LogP contribution is 2.46. The number of thioether (sulfide) groups is 1. The SMILES string of the molecule is CCN1/C(=C\c2sc3ccc4ccccc4c3[n+]2CCCS(=O)(=O)[O-])Sc2ccccc21. The number of rotatable bonds is 6. The van der Waals surface area contributed by atoms with Crippen LogP contribution < -0.4 is 9.47 Å². The largest absolute Gasteiger partial charge is 0.748 e. The van der Waals surface area contributed by atoms with Crippen LogP contribution in [0.25, 0.3) is 27.1 Å². The number of anilines is 1. The zero-order valence-electron chi connectivity index (χ0n) is 17.5. The first-order valence-electron chi connectivity index (χ1n) is 10.5. The number of fused-ring (bicyclic) bond motifs is 4.